The van der Waals surface area contributed by atoms with Crippen LogP contribution in [0, 0.1) is 0 Å². The van der Waals surface area contributed by atoms with Gasteiger partial charge >= 0.3 is 12.1 Å². The second-order valence-electron chi connectivity index (χ2n) is 6.27. The van der Waals surface area contributed by atoms with Gasteiger partial charge in [-0.15, -0.1) is 0 Å². The molecule has 1 heterocycles. The molecule has 6 heteroatoms. The van der Waals surface area contributed by atoms with E-state index in [1.165, 1.54) is 4.90 Å². The Balaban J connectivity index is 1.73. The van der Waals surface area contributed by atoms with E-state index in [9.17, 15) is 14.7 Å². The monoisotopic (exact) mass is 367 g/mol. The van der Waals surface area contributed by atoms with E-state index in [0.29, 0.717) is 5.75 Å². The van der Waals surface area contributed by atoms with Crippen LogP contribution in [0.2, 0.25) is 0 Å². The van der Waals surface area contributed by atoms with E-state index in [1.807, 2.05) is 60.7 Å². The zero-order valence-electron chi connectivity index (χ0n) is 15.0. The fourth-order valence-electron chi connectivity index (χ4n) is 3.08. The Morgan fingerprint density at radius 3 is 2.56 bits per heavy atom. The van der Waals surface area contributed by atoms with E-state index >= 15 is 0 Å². The van der Waals surface area contributed by atoms with Crippen LogP contribution in [0.15, 0.2) is 60.2 Å². The van der Waals surface area contributed by atoms with Crippen molar-refractivity contribution in [1.82, 2.24) is 4.90 Å². The van der Waals surface area contributed by atoms with Gasteiger partial charge in [-0.25, -0.2) is 9.59 Å². The number of likely N-dealkylation sites (tertiary alicyclic amines) is 1. The Hall–Kier alpha value is -3.28. The Kier molecular flexibility index (Phi) is 5.76. The molecule has 0 bridgehead atoms. The number of aliphatic carboxylic acids is 1. The molecule has 2 aromatic rings. The molecular weight excluding hydrogens is 346 g/mol. The summed E-state index contributed by atoms with van der Waals surface area (Å²) in [5, 5.41) is 9.50. The average Bonchev–Trinajstić information content (AvgIpc) is 3.11. The van der Waals surface area contributed by atoms with E-state index in [4.69, 9.17) is 9.47 Å². The number of rotatable bonds is 5. The minimum Gasteiger partial charge on any atom is -0.496 e. The lowest BCUT2D eigenvalue weighted by molar-refractivity contribution is -0.141. The van der Waals surface area contributed by atoms with Crippen LogP contribution in [0.3, 0.4) is 0 Å². The second-order valence-corrected chi connectivity index (χ2v) is 6.27. The van der Waals surface area contributed by atoms with Crippen molar-refractivity contribution in [3.05, 3.63) is 71.3 Å². The number of benzene rings is 2. The summed E-state index contributed by atoms with van der Waals surface area (Å²) in [4.78, 5) is 25.3. The third kappa shape index (κ3) is 4.47. The molecule has 1 N–H and O–H groups in total. The first-order valence-corrected chi connectivity index (χ1v) is 8.61. The SMILES string of the molecule is COc1ccccc1C=C1C[C@@H](C(=O)O)N(C(=O)OCc2ccccc2)C1. The van der Waals surface area contributed by atoms with Crippen LogP contribution in [0.1, 0.15) is 17.5 Å². The first-order chi connectivity index (χ1) is 13.1. The Morgan fingerprint density at radius 1 is 1.15 bits per heavy atom. The molecule has 6 nitrogen and oxygen atoms in total. The van der Waals surface area contributed by atoms with Gasteiger partial charge in [0.1, 0.15) is 18.4 Å². The third-order valence-electron chi connectivity index (χ3n) is 4.43. The van der Waals surface area contributed by atoms with Crippen molar-refractivity contribution < 1.29 is 24.2 Å². The average molecular weight is 367 g/mol. The lowest BCUT2D eigenvalue weighted by atomic mass is 10.1. The fourth-order valence-corrected chi connectivity index (χ4v) is 3.08. The number of carbonyl (C=O) groups excluding carboxylic acids is 1. The predicted octanol–water partition coefficient (Wildman–Crippen LogP) is 3.57. The molecule has 0 spiro atoms. The molecule has 0 aliphatic carbocycles. The number of para-hydroxylation sites is 1. The first kappa shape index (κ1) is 18.5. The van der Waals surface area contributed by atoms with Crippen LogP contribution < -0.4 is 4.74 Å². The highest BCUT2D eigenvalue weighted by molar-refractivity contribution is 5.82. The topological polar surface area (TPSA) is 76.1 Å². The number of carbonyl (C=O) groups is 2. The quantitative estimate of drug-likeness (QED) is 0.874. The molecule has 1 atom stereocenters. The van der Waals surface area contributed by atoms with Crippen molar-refractivity contribution >= 4 is 18.1 Å². The zero-order chi connectivity index (χ0) is 19.2. The molecule has 1 fully saturated rings. The molecule has 140 valence electrons. The molecule has 0 radical (unpaired) electrons. The molecule has 1 amide bonds. The molecule has 0 unspecified atom stereocenters. The van der Waals surface area contributed by atoms with Gasteiger partial charge in [0.05, 0.1) is 7.11 Å². The Labute approximate surface area is 157 Å². The van der Waals surface area contributed by atoms with Crippen molar-refractivity contribution in [1.29, 1.82) is 0 Å². The standard InChI is InChI=1S/C21H21NO5/c1-26-19-10-6-5-9-17(19)11-16-12-18(20(23)24)22(13-16)21(25)27-14-15-7-3-2-4-8-15/h2-11,18H,12-14H2,1H3,(H,23,24)/t18-/m0/s1. The summed E-state index contributed by atoms with van der Waals surface area (Å²) in [6, 6.07) is 15.8. The summed E-state index contributed by atoms with van der Waals surface area (Å²) in [6.45, 7) is 0.316. The highest BCUT2D eigenvalue weighted by Crippen LogP contribution is 2.28. The lowest BCUT2D eigenvalue weighted by Crippen LogP contribution is -2.40. The van der Waals surface area contributed by atoms with Crippen molar-refractivity contribution in [2.24, 2.45) is 0 Å². The van der Waals surface area contributed by atoms with Gasteiger partial charge in [-0.1, -0.05) is 54.6 Å². The molecule has 2 aromatic carbocycles. The minimum atomic E-state index is -1.05. The summed E-state index contributed by atoms with van der Waals surface area (Å²) >= 11 is 0. The van der Waals surface area contributed by atoms with Gasteiger partial charge in [0.15, 0.2) is 0 Å². The number of carboxylic acids is 1. The fraction of sp³-hybridized carbons (Fsp3) is 0.238. The highest BCUT2D eigenvalue weighted by atomic mass is 16.6. The summed E-state index contributed by atoms with van der Waals surface area (Å²) in [6.07, 6.45) is 1.50. The van der Waals surface area contributed by atoms with E-state index < -0.39 is 18.1 Å². The molecule has 1 aliphatic heterocycles. The van der Waals surface area contributed by atoms with E-state index in [1.54, 1.807) is 7.11 Å². The van der Waals surface area contributed by atoms with Crippen molar-refractivity contribution in [3.8, 4) is 5.75 Å². The van der Waals surface area contributed by atoms with Gasteiger partial charge in [0.2, 0.25) is 0 Å². The van der Waals surface area contributed by atoms with Crippen LogP contribution in [0.25, 0.3) is 6.08 Å². The van der Waals surface area contributed by atoms with Crippen molar-refractivity contribution in [3.63, 3.8) is 0 Å². The number of methoxy groups -OCH3 is 1. The maximum absolute atomic E-state index is 12.4. The number of ether oxygens (including phenoxy) is 2. The van der Waals surface area contributed by atoms with Gasteiger partial charge in [-0.2, -0.15) is 0 Å². The van der Waals surface area contributed by atoms with Crippen LogP contribution in [-0.2, 0) is 16.1 Å². The van der Waals surface area contributed by atoms with Crippen molar-refractivity contribution in [2.45, 2.75) is 19.1 Å². The highest BCUT2D eigenvalue weighted by Gasteiger charge is 2.37. The van der Waals surface area contributed by atoms with Gasteiger partial charge < -0.3 is 14.6 Å². The van der Waals surface area contributed by atoms with Crippen LogP contribution in [0.5, 0.6) is 5.75 Å². The normalized spacial score (nSPS) is 17.7. The van der Waals surface area contributed by atoms with E-state index in [-0.39, 0.29) is 19.6 Å². The molecule has 27 heavy (non-hydrogen) atoms. The summed E-state index contributed by atoms with van der Waals surface area (Å²) in [5.41, 5.74) is 2.53. The largest absolute Gasteiger partial charge is 0.496 e. The second kappa shape index (κ2) is 8.40. The van der Waals surface area contributed by atoms with E-state index in [0.717, 1.165) is 16.7 Å². The summed E-state index contributed by atoms with van der Waals surface area (Å²) < 4.78 is 10.6. The lowest BCUT2D eigenvalue weighted by Gasteiger charge is -2.20. The predicted molar refractivity (Wildman–Crippen MR) is 100 cm³/mol. The molecule has 3 rings (SSSR count). The Bertz CT molecular complexity index is 847. The first-order valence-electron chi connectivity index (χ1n) is 8.61. The molecule has 0 aromatic heterocycles. The number of nitrogens with zero attached hydrogens (tertiary/aromatic N) is 1. The van der Waals surface area contributed by atoms with Crippen LogP contribution in [-0.4, -0.2) is 41.8 Å². The Morgan fingerprint density at radius 2 is 1.85 bits per heavy atom. The van der Waals surface area contributed by atoms with Gasteiger partial charge in [0, 0.05) is 18.5 Å². The van der Waals surface area contributed by atoms with Gasteiger partial charge in [-0.05, 0) is 17.2 Å². The van der Waals surface area contributed by atoms with E-state index in [2.05, 4.69) is 0 Å². The maximum atomic E-state index is 12.4. The molecule has 1 saturated heterocycles. The maximum Gasteiger partial charge on any atom is 0.411 e. The number of amides is 1. The smallest absolute Gasteiger partial charge is 0.411 e. The van der Waals surface area contributed by atoms with Crippen LogP contribution in [0.4, 0.5) is 4.79 Å². The number of hydrogen-bond acceptors (Lipinski definition) is 4. The number of carboxylic acid groups (broad SMARTS) is 1. The number of hydrogen-bond donors (Lipinski definition) is 1. The summed E-state index contributed by atoms with van der Waals surface area (Å²) in [7, 11) is 1.58. The van der Waals surface area contributed by atoms with Gasteiger partial charge in [0.25, 0.3) is 0 Å². The zero-order valence-corrected chi connectivity index (χ0v) is 15.0. The molecule has 0 saturated carbocycles. The van der Waals surface area contributed by atoms with Crippen molar-refractivity contribution in [2.75, 3.05) is 13.7 Å². The third-order valence-corrected chi connectivity index (χ3v) is 4.43. The van der Waals surface area contributed by atoms with Crippen LogP contribution >= 0.6 is 0 Å². The minimum absolute atomic E-state index is 0.105. The summed E-state index contributed by atoms with van der Waals surface area (Å²) in [5.74, 6) is -0.350. The molecular formula is C21H21NO5. The van der Waals surface area contributed by atoms with Gasteiger partial charge in [-0.3, -0.25) is 4.90 Å². The molecule has 1 aliphatic rings.